The van der Waals surface area contributed by atoms with Gasteiger partial charge in [-0.05, 0) is 18.6 Å². The largest absolute Gasteiger partial charge is 0.480 e. The summed E-state index contributed by atoms with van der Waals surface area (Å²) in [5.41, 5.74) is 1.55. The number of aliphatic carboxylic acids is 1. The van der Waals surface area contributed by atoms with E-state index in [0.29, 0.717) is 16.7 Å². The van der Waals surface area contributed by atoms with Crippen molar-refractivity contribution in [3.05, 3.63) is 58.6 Å². The molecule has 0 aliphatic rings. The summed E-state index contributed by atoms with van der Waals surface area (Å²) in [6.45, 7) is 1.87. The molecule has 26 heavy (non-hydrogen) atoms. The fourth-order valence-corrected chi connectivity index (χ4v) is 3.15. The van der Waals surface area contributed by atoms with Gasteiger partial charge in [0.25, 0.3) is 0 Å². The van der Waals surface area contributed by atoms with E-state index in [2.05, 4.69) is 15.3 Å². The van der Waals surface area contributed by atoms with Gasteiger partial charge in [-0.2, -0.15) is 11.8 Å². The lowest BCUT2D eigenvalue weighted by molar-refractivity contribution is -0.138. The third-order valence-electron chi connectivity index (χ3n) is 3.19. The van der Waals surface area contributed by atoms with E-state index < -0.39 is 18.1 Å². The van der Waals surface area contributed by atoms with Crippen molar-refractivity contribution in [3.63, 3.8) is 0 Å². The zero-order valence-electron chi connectivity index (χ0n) is 14.0. The lowest BCUT2D eigenvalue weighted by Crippen LogP contribution is -2.42. The van der Waals surface area contributed by atoms with Crippen molar-refractivity contribution >= 4 is 35.4 Å². The van der Waals surface area contributed by atoms with E-state index in [0.717, 1.165) is 11.3 Å². The minimum absolute atomic E-state index is 0.0712. The first-order valence-electron chi connectivity index (χ1n) is 7.72. The van der Waals surface area contributed by atoms with Crippen molar-refractivity contribution in [1.82, 2.24) is 15.3 Å². The topological polar surface area (TPSA) is 101 Å². The molecule has 0 radical (unpaired) electrons. The quantitative estimate of drug-likeness (QED) is 0.662. The Morgan fingerprint density at radius 1 is 1.31 bits per heavy atom. The van der Waals surface area contributed by atoms with Crippen molar-refractivity contribution in [2.24, 2.45) is 0 Å². The number of ether oxygens (including phenoxy) is 1. The van der Waals surface area contributed by atoms with E-state index >= 15 is 0 Å². The van der Waals surface area contributed by atoms with Gasteiger partial charge in [0.1, 0.15) is 23.6 Å². The second kappa shape index (κ2) is 9.98. The summed E-state index contributed by atoms with van der Waals surface area (Å²) in [6, 6.07) is 9.69. The number of rotatable bonds is 8. The van der Waals surface area contributed by atoms with Gasteiger partial charge in [0, 0.05) is 11.4 Å². The van der Waals surface area contributed by atoms with E-state index in [4.69, 9.17) is 16.3 Å². The highest BCUT2D eigenvalue weighted by molar-refractivity contribution is 7.98. The van der Waals surface area contributed by atoms with E-state index in [9.17, 15) is 14.7 Å². The molecule has 1 amide bonds. The first kappa shape index (κ1) is 20.0. The number of nitrogens with zero attached hydrogens (tertiary/aromatic N) is 2. The zero-order valence-corrected chi connectivity index (χ0v) is 15.6. The monoisotopic (exact) mass is 395 g/mol. The van der Waals surface area contributed by atoms with Crippen LogP contribution >= 0.6 is 23.4 Å². The summed E-state index contributed by atoms with van der Waals surface area (Å²) < 4.78 is 5.04. The molecule has 0 aliphatic heterocycles. The fourth-order valence-electron chi connectivity index (χ4n) is 2.00. The molecule has 1 aromatic heterocycles. The molecule has 7 nitrogen and oxygen atoms in total. The van der Waals surface area contributed by atoms with Crippen molar-refractivity contribution in [2.75, 3.05) is 5.75 Å². The number of aryl methyl sites for hydroxylation is 1. The summed E-state index contributed by atoms with van der Waals surface area (Å²) in [5.74, 6) is -0.107. The standard InChI is InChI=1S/C17H18ClN3O4S/c1-11-7-14(18)21-15(19-11)10-26-9-13(16(22)23)20-17(24)25-8-12-5-3-2-4-6-12/h2-7,13H,8-10H2,1H3,(H,20,24)(H,22,23). The van der Waals surface area contributed by atoms with Crippen LogP contribution < -0.4 is 5.32 Å². The number of hydrogen-bond donors (Lipinski definition) is 2. The molecule has 138 valence electrons. The first-order chi connectivity index (χ1) is 12.4. The number of carbonyl (C=O) groups is 2. The van der Waals surface area contributed by atoms with Gasteiger partial charge in [-0.3, -0.25) is 0 Å². The van der Waals surface area contributed by atoms with Crippen LogP contribution in [0.5, 0.6) is 0 Å². The van der Waals surface area contributed by atoms with E-state index in [1.54, 1.807) is 13.0 Å². The number of thioether (sulfide) groups is 1. The van der Waals surface area contributed by atoms with Gasteiger partial charge < -0.3 is 15.2 Å². The molecule has 0 saturated carbocycles. The van der Waals surface area contributed by atoms with Crippen molar-refractivity contribution in [2.45, 2.75) is 25.3 Å². The number of amides is 1. The molecule has 1 unspecified atom stereocenters. The minimum atomic E-state index is -1.14. The van der Waals surface area contributed by atoms with Crippen LogP contribution in [0.25, 0.3) is 0 Å². The van der Waals surface area contributed by atoms with Crippen LogP contribution in [0.4, 0.5) is 4.79 Å². The molecule has 0 saturated heterocycles. The zero-order chi connectivity index (χ0) is 18.9. The number of carboxylic acid groups (broad SMARTS) is 1. The maximum Gasteiger partial charge on any atom is 0.408 e. The molecule has 1 aromatic carbocycles. The Labute approximate surface area is 160 Å². The Balaban J connectivity index is 1.80. The maximum absolute atomic E-state index is 11.8. The highest BCUT2D eigenvalue weighted by atomic mass is 35.5. The van der Waals surface area contributed by atoms with Crippen LogP contribution in [0.3, 0.4) is 0 Å². The average molecular weight is 396 g/mol. The number of aromatic nitrogens is 2. The normalized spacial score (nSPS) is 11.6. The summed E-state index contributed by atoms with van der Waals surface area (Å²) in [7, 11) is 0. The predicted octanol–water partition coefficient (Wildman–Crippen LogP) is 3.05. The molecule has 1 atom stereocenters. The summed E-state index contributed by atoms with van der Waals surface area (Å²) in [6.07, 6.45) is -0.781. The van der Waals surface area contributed by atoms with E-state index in [-0.39, 0.29) is 12.4 Å². The van der Waals surface area contributed by atoms with Crippen molar-refractivity contribution < 1.29 is 19.4 Å². The van der Waals surface area contributed by atoms with Gasteiger partial charge in [0.05, 0.1) is 5.75 Å². The van der Waals surface area contributed by atoms with Crippen LogP contribution in [0.15, 0.2) is 36.4 Å². The van der Waals surface area contributed by atoms with Gasteiger partial charge in [-0.15, -0.1) is 0 Å². The number of benzene rings is 1. The summed E-state index contributed by atoms with van der Waals surface area (Å²) in [5, 5.41) is 11.9. The number of carbonyl (C=O) groups excluding carboxylic acids is 1. The Hall–Kier alpha value is -2.32. The SMILES string of the molecule is Cc1cc(Cl)nc(CSCC(NC(=O)OCc2ccccc2)C(=O)O)n1. The Bertz CT molecular complexity index is 741. The molecular weight excluding hydrogens is 378 g/mol. The second-order valence-electron chi connectivity index (χ2n) is 5.36. The van der Waals surface area contributed by atoms with Crippen LogP contribution in [-0.2, 0) is 21.9 Å². The van der Waals surface area contributed by atoms with Gasteiger partial charge in [0.2, 0.25) is 0 Å². The highest BCUT2D eigenvalue weighted by Crippen LogP contribution is 2.14. The molecule has 9 heteroatoms. The van der Waals surface area contributed by atoms with Gasteiger partial charge >= 0.3 is 12.1 Å². The Morgan fingerprint density at radius 3 is 2.69 bits per heavy atom. The van der Waals surface area contributed by atoms with Crippen LogP contribution in [0.2, 0.25) is 5.15 Å². The molecule has 0 fully saturated rings. The number of halogens is 1. The van der Waals surface area contributed by atoms with Gasteiger partial charge in [-0.1, -0.05) is 41.9 Å². The number of alkyl carbamates (subject to hydrolysis) is 1. The average Bonchev–Trinajstić information content (AvgIpc) is 2.59. The van der Waals surface area contributed by atoms with E-state index in [1.165, 1.54) is 11.8 Å². The Morgan fingerprint density at radius 2 is 2.04 bits per heavy atom. The minimum Gasteiger partial charge on any atom is -0.480 e. The van der Waals surface area contributed by atoms with E-state index in [1.807, 2.05) is 30.3 Å². The summed E-state index contributed by atoms with van der Waals surface area (Å²) in [4.78, 5) is 31.4. The number of hydrogen-bond acceptors (Lipinski definition) is 6. The van der Waals surface area contributed by atoms with Gasteiger partial charge in [-0.25, -0.2) is 19.6 Å². The molecular formula is C17H18ClN3O4S. The van der Waals surface area contributed by atoms with Crippen LogP contribution in [-0.4, -0.2) is 38.9 Å². The predicted molar refractivity (Wildman–Crippen MR) is 99.1 cm³/mol. The third kappa shape index (κ3) is 6.89. The Kier molecular flexibility index (Phi) is 7.68. The lowest BCUT2D eigenvalue weighted by Gasteiger charge is -2.14. The van der Waals surface area contributed by atoms with Crippen molar-refractivity contribution in [1.29, 1.82) is 0 Å². The molecule has 0 spiro atoms. The van der Waals surface area contributed by atoms with Crippen molar-refractivity contribution in [3.8, 4) is 0 Å². The smallest absolute Gasteiger partial charge is 0.408 e. The maximum atomic E-state index is 11.8. The molecule has 2 N–H and O–H groups in total. The van der Waals surface area contributed by atoms with Gasteiger partial charge in [0.15, 0.2) is 0 Å². The summed E-state index contributed by atoms with van der Waals surface area (Å²) >= 11 is 7.15. The highest BCUT2D eigenvalue weighted by Gasteiger charge is 2.21. The van der Waals surface area contributed by atoms with Crippen LogP contribution in [0.1, 0.15) is 17.1 Å². The second-order valence-corrected chi connectivity index (χ2v) is 6.78. The number of carboxylic acids is 1. The molecule has 1 heterocycles. The van der Waals surface area contributed by atoms with Crippen LogP contribution in [0, 0.1) is 6.92 Å². The third-order valence-corrected chi connectivity index (χ3v) is 4.41. The first-order valence-corrected chi connectivity index (χ1v) is 9.25. The molecule has 2 aromatic rings. The lowest BCUT2D eigenvalue weighted by atomic mass is 10.2. The molecule has 0 bridgehead atoms. The number of nitrogens with one attached hydrogen (secondary N) is 1. The molecule has 2 rings (SSSR count). The molecule has 0 aliphatic carbocycles. The fraction of sp³-hybridized carbons (Fsp3) is 0.294.